The molecule has 3 rings (SSSR count). The minimum Gasteiger partial charge on any atom is -0.364 e. The van der Waals surface area contributed by atoms with Crippen molar-refractivity contribution in [2.75, 3.05) is 13.1 Å². The summed E-state index contributed by atoms with van der Waals surface area (Å²) >= 11 is 6.05. The van der Waals surface area contributed by atoms with Crippen LogP contribution in [-0.4, -0.2) is 29.6 Å². The van der Waals surface area contributed by atoms with E-state index in [4.69, 9.17) is 16.3 Å². The van der Waals surface area contributed by atoms with Gasteiger partial charge in [-0.15, -0.1) is 12.4 Å². The topological polar surface area (TPSA) is 12.5 Å². The molecule has 0 N–H and O–H groups in total. The van der Waals surface area contributed by atoms with Crippen LogP contribution in [0.3, 0.4) is 0 Å². The maximum absolute atomic E-state index is 6.56. The Kier molecular flexibility index (Phi) is 6.93. The monoisotopic (exact) mass is 379 g/mol. The van der Waals surface area contributed by atoms with Gasteiger partial charge < -0.3 is 4.74 Å². The van der Waals surface area contributed by atoms with Crippen molar-refractivity contribution in [3.63, 3.8) is 0 Å². The molecule has 25 heavy (non-hydrogen) atoms. The summed E-state index contributed by atoms with van der Waals surface area (Å²) in [5.41, 5.74) is 2.54. The van der Waals surface area contributed by atoms with Crippen LogP contribution in [0.15, 0.2) is 54.6 Å². The van der Waals surface area contributed by atoms with Gasteiger partial charge >= 0.3 is 0 Å². The first kappa shape index (κ1) is 20.3. The number of hydrogen-bond acceptors (Lipinski definition) is 2. The van der Waals surface area contributed by atoms with Crippen LogP contribution in [0.2, 0.25) is 5.02 Å². The molecule has 1 fully saturated rings. The lowest BCUT2D eigenvalue weighted by molar-refractivity contribution is 0.00831. The number of hydrogen-bond donors (Lipinski definition) is 0. The van der Waals surface area contributed by atoms with E-state index in [0.717, 1.165) is 30.1 Å². The van der Waals surface area contributed by atoms with Gasteiger partial charge in [0.1, 0.15) is 6.10 Å². The molecule has 0 bridgehead atoms. The Morgan fingerprint density at radius 1 is 1.00 bits per heavy atom. The van der Waals surface area contributed by atoms with Gasteiger partial charge in [-0.2, -0.15) is 0 Å². The molecular weight excluding hydrogens is 353 g/mol. The smallest absolute Gasteiger partial charge is 0.108 e. The first-order chi connectivity index (χ1) is 11.4. The van der Waals surface area contributed by atoms with Crippen molar-refractivity contribution in [3.8, 4) is 0 Å². The fraction of sp³-hybridized carbons (Fsp3) is 0.429. The van der Waals surface area contributed by atoms with Crippen molar-refractivity contribution in [2.45, 2.75) is 44.9 Å². The summed E-state index contributed by atoms with van der Waals surface area (Å²) in [6.45, 7) is 8.88. The molecule has 2 nitrogen and oxygen atoms in total. The summed E-state index contributed by atoms with van der Waals surface area (Å²) in [5.74, 6) is 0. The summed E-state index contributed by atoms with van der Waals surface area (Å²) in [4.78, 5) is 2.50. The van der Waals surface area contributed by atoms with Crippen molar-refractivity contribution in [1.29, 1.82) is 0 Å². The van der Waals surface area contributed by atoms with Gasteiger partial charge in [-0.3, -0.25) is 4.90 Å². The molecule has 0 amide bonds. The van der Waals surface area contributed by atoms with Crippen LogP contribution in [0.5, 0.6) is 0 Å². The lowest BCUT2D eigenvalue weighted by Crippen LogP contribution is -2.40. The van der Waals surface area contributed by atoms with E-state index in [1.165, 1.54) is 5.56 Å². The predicted molar refractivity (Wildman–Crippen MR) is 108 cm³/mol. The first-order valence-electron chi connectivity index (χ1n) is 8.64. The Morgan fingerprint density at radius 3 is 2.16 bits per heavy atom. The summed E-state index contributed by atoms with van der Waals surface area (Å²) < 4.78 is 6.56. The third-order valence-electron chi connectivity index (χ3n) is 4.70. The van der Waals surface area contributed by atoms with Crippen LogP contribution in [0, 0.1) is 0 Å². The minimum atomic E-state index is -0.0478. The lowest BCUT2D eigenvalue weighted by atomic mass is 10.0. The fourth-order valence-electron chi connectivity index (χ4n) is 3.26. The molecule has 2 atom stereocenters. The molecule has 1 aliphatic rings. The Hall–Kier alpha value is -1.06. The van der Waals surface area contributed by atoms with Gasteiger partial charge in [0.15, 0.2) is 0 Å². The molecular formula is C21H27Cl2NO. The van der Waals surface area contributed by atoms with Gasteiger partial charge in [-0.1, -0.05) is 54.1 Å². The maximum Gasteiger partial charge on any atom is 0.108 e. The Balaban J connectivity index is 0.00000225. The SMILES string of the molecule is CC(C)(C)N1CCC(OC(c2ccccc2)c2ccc(Cl)cc2)C1.Cl. The average molecular weight is 380 g/mol. The quantitative estimate of drug-likeness (QED) is 0.671. The van der Waals surface area contributed by atoms with Crippen LogP contribution >= 0.6 is 24.0 Å². The van der Waals surface area contributed by atoms with Gasteiger partial charge in [0, 0.05) is 23.7 Å². The molecule has 0 radical (unpaired) electrons. The normalized spacial score (nSPS) is 19.4. The highest BCUT2D eigenvalue weighted by atomic mass is 35.5. The van der Waals surface area contributed by atoms with E-state index in [-0.39, 0.29) is 30.2 Å². The zero-order valence-corrected chi connectivity index (χ0v) is 16.7. The molecule has 0 aliphatic carbocycles. The van der Waals surface area contributed by atoms with Crippen molar-refractivity contribution in [3.05, 3.63) is 70.7 Å². The van der Waals surface area contributed by atoms with Crippen LogP contribution < -0.4 is 0 Å². The Labute approximate surface area is 162 Å². The second-order valence-electron chi connectivity index (χ2n) is 7.51. The zero-order valence-electron chi connectivity index (χ0n) is 15.1. The molecule has 0 saturated carbocycles. The van der Waals surface area contributed by atoms with Gasteiger partial charge in [-0.05, 0) is 50.5 Å². The third-order valence-corrected chi connectivity index (χ3v) is 4.95. The number of rotatable bonds is 4. The number of ether oxygens (including phenoxy) is 1. The summed E-state index contributed by atoms with van der Waals surface area (Å²) in [7, 11) is 0. The van der Waals surface area contributed by atoms with E-state index in [0.29, 0.717) is 0 Å². The van der Waals surface area contributed by atoms with Gasteiger partial charge in [0.25, 0.3) is 0 Å². The summed E-state index contributed by atoms with van der Waals surface area (Å²) in [6, 6.07) is 18.5. The van der Waals surface area contributed by atoms with E-state index in [1.54, 1.807) is 0 Å². The molecule has 2 aromatic rings. The molecule has 1 aliphatic heterocycles. The molecule has 0 aromatic heterocycles. The van der Waals surface area contributed by atoms with E-state index in [2.05, 4.69) is 62.1 Å². The van der Waals surface area contributed by atoms with E-state index in [1.807, 2.05) is 18.2 Å². The van der Waals surface area contributed by atoms with Crippen molar-refractivity contribution in [2.24, 2.45) is 0 Å². The van der Waals surface area contributed by atoms with E-state index >= 15 is 0 Å². The van der Waals surface area contributed by atoms with Gasteiger partial charge in [0.05, 0.1) is 6.10 Å². The lowest BCUT2D eigenvalue weighted by Gasteiger charge is -2.32. The molecule has 2 unspecified atom stereocenters. The predicted octanol–water partition coefficient (Wildman–Crippen LogP) is 5.74. The number of likely N-dealkylation sites (tertiary alicyclic amines) is 1. The van der Waals surface area contributed by atoms with Crippen molar-refractivity contribution >= 4 is 24.0 Å². The van der Waals surface area contributed by atoms with Crippen LogP contribution in [0.1, 0.15) is 44.4 Å². The van der Waals surface area contributed by atoms with Crippen LogP contribution in [0.4, 0.5) is 0 Å². The van der Waals surface area contributed by atoms with Gasteiger partial charge in [-0.25, -0.2) is 0 Å². The standard InChI is InChI=1S/C21H26ClNO.ClH/c1-21(2,3)23-14-13-19(15-23)24-20(16-7-5-4-6-8-16)17-9-11-18(22)12-10-17;/h4-12,19-20H,13-15H2,1-3H3;1H. The first-order valence-corrected chi connectivity index (χ1v) is 9.02. The minimum absolute atomic E-state index is 0. The molecule has 136 valence electrons. The Bertz CT molecular complexity index is 652. The van der Waals surface area contributed by atoms with Crippen LogP contribution in [0.25, 0.3) is 0 Å². The molecule has 1 saturated heterocycles. The van der Waals surface area contributed by atoms with E-state index < -0.39 is 0 Å². The fourth-order valence-corrected chi connectivity index (χ4v) is 3.38. The van der Waals surface area contributed by atoms with Crippen molar-refractivity contribution in [1.82, 2.24) is 4.90 Å². The number of halogens is 2. The molecule has 0 spiro atoms. The van der Waals surface area contributed by atoms with E-state index in [9.17, 15) is 0 Å². The largest absolute Gasteiger partial charge is 0.364 e. The van der Waals surface area contributed by atoms with Crippen LogP contribution in [-0.2, 0) is 4.74 Å². The number of benzene rings is 2. The second kappa shape index (κ2) is 8.55. The summed E-state index contributed by atoms with van der Waals surface area (Å²) in [5, 5.41) is 0.755. The maximum atomic E-state index is 6.56. The second-order valence-corrected chi connectivity index (χ2v) is 7.94. The zero-order chi connectivity index (χ0) is 17.2. The highest BCUT2D eigenvalue weighted by molar-refractivity contribution is 6.30. The molecule has 4 heteroatoms. The highest BCUT2D eigenvalue weighted by Crippen LogP contribution is 2.31. The van der Waals surface area contributed by atoms with Crippen molar-refractivity contribution < 1.29 is 4.74 Å². The summed E-state index contributed by atoms with van der Waals surface area (Å²) in [6.07, 6.45) is 1.28. The van der Waals surface area contributed by atoms with Gasteiger partial charge in [0.2, 0.25) is 0 Å². The molecule has 2 aromatic carbocycles. The third kappa shape index (κ3) is 5.21. The highest BCUT2D eigenvalue weighted by Gasteiger charge is 2.32. The molecule has 1 heterocycles. The number of nitrogens with zero attached hydrogens (tertiary/aromatic N) is 1. The Morgan fingerprint density at radius 2 is 1.60 bits per heavy atom. The average Bonchev–Trinajstić information content (AvgIpc) is 3.03.